The Bertz CT molecular complexity index is 333. The number of aromatic nitrogens is 1. The molecule has 17 heavy (non-hydrogen) atoms. The monoisotopic (exact) mass is 246 g/mol. The van der Waals surface area contributed by atoms with Gasteiger partial charge in [-0.25, -0.2) is 4.98 Å². The fourth-order valence-electron chi connectivity index (χ4n) is 1.61. The zero-order valence-corrected chi connectivity index (χ0v) is 10.0. The van der Waals surface area contributed by atoms with E-state index in [1.165, 1.54) is 12.3 Å². The number of halogens is 3. The number of pyridine rings is 1. The summed E-state index contributed by atoms with van der Waals surface area (Å²) in [5.41, 5.74) is -0.218. The molecule has 0 fully saturated rings. The smallest absolute Gasteiger partial charge is 0.381 e. The van der Waals surface area contributed by atoms with E-state index in [1.807, 2.05) is 6.92 Å². The second-order valence-corrected chi connectivity index (χ2v) is 3.97. The summed E-state index contributed by atoms with van der Waals surface area (Å²) < 4.78 is 36.9. The van der Waals surface area contributed by atoms with E-state index in [9.17, 15) is 13.2 Å². The Morgan fingerprint density at radius 2 is 2.00 bits per heavy atom. The first-order chi connectivity index (χ1) is 7.97. The number of nitrogens with zero attached hydrogens (tertiary/aromatic N) is 1. The summed E-state index contributed by atoms with van der Waals surface area (Å²) in [5.74, 6) is 0. The van der Waals surface area contributed by atoms with E-state index in [4.69, 9.17) is 0 Å². The topological polar surface area (TPSA) is 24.9 Å². The van der Waals surface area contributed by atoms with Gasteiger partial charge in [0.2, 0.25) is 0 Å². The van der Waals surface area contributed by atoms with E-state index in [0.29, 0.717) is 11.7 Å². The summed E-state index contributed by atoms with van der Waals surface area (Å²) in [6.07, 6.45) is -0.154. The first kappa shape index (κ1) is 13.8. The van der Waals surface area contributed by atoms with Crippen LogP contribution in [0.3, 0.4) is 0 Å². The predicted molar refractivity (Wildman–Crippen MR) is 61.8 cm³/mol. The van der Waals surface area contributed by atoms with Crippen LogP contribution in [0.4, 0.5) is 18.9 Å². The molecule has 5 heteroatoms. The van der Waals surface area contributed by atoms with Gasteiger partial charge in [0.05, 0.1) is 11.9 Å². The van der Waals surface area contributed by atoms with Crippen LogP contribution in [-0.4, -0.2) is 11.0 Å². The quantitative estimate of drug-likeness (QED) is 0.846. The third-order valence-electron chi connectivity index (χ3n) is 2.55. The lowest BCUT2D eigenvalue weighted by atomic mass is 10.1. The Balaban J connectivity index is 2.68. The average molecular weight is 246 g/mol. The summed E-state index contributed by atoms with van der Waals surface area (Å²) in [6.45, 7) is 4.13. The molecule has 1 heterocycles. The molecule has 0 aliphatic rings. The molecular weight excluding hydrogens is 229 g/mol. The van der Waals surface area contributed by atoms with Crippen LogP contribution in [0.5, 0.6) is 0 Å². The third-order valence-corrected chi connectivity index (χ3v) is 2.55. The molecule has 1 aromatic rings. The van der Waals surface area contributed by atoms with Gasteiger partial charge in [-0.3, -0.25) is 0 Å². The molecule has 0 bridgehead atoms. The van der Waals surface area contributed by atoms with E-state index >= 15 is 0 Å². The molecule has 0 radical (unpaired) electrons. The number of rotatable bonds is 5. The van der Waals surface area contributed by atoms with Gasteiger partial charge >= 0.3 is 6.18 Å². The fourth-order valence-corrected chi connectivity index (χ4v) is 1.61. The fraction of sp³-hybridized carbons (Fsp3) is 0.583. The minimum atomic E-state index is -4.37. The van der Waals surface area contributed by atoms with Gasteiger partial charge in [-0.05, 0) is 25.0 Å². The van der Waals surface area contributed by atoms with Gasteiger partial charge in [0.15, 0.2) is 0 Å². The van der Waals surface area contributed by atoms with Gasteiger partial charge in [-0.15, -0.1) is 0 Å². The van der Waals surface area contributed by atoms with Crippen molar-refractivity contribution in [2.45, 2.75) is 45.3 Å². The normalized spacial score (nSPS) is 13.5. The minimum absolute atomic E-state index is 0.290. The van der Waals surface area contributed by atoms with Crippen molar-refractivity contribution in [3.63, 3.8) is 0 Å². The predicted octanol–water partition coefficient (Wildman–Crippen LogP) is 4.09. The molecule has 1 atom stereocenters. The number of hydrogen-bond acceptors (Lipinski definition) is 2. The second kappa shape index (κ2) is 5.89. The summed E-state index contributed by atoms with van der Waals surface area (Å²) in [5, 5.41) is 3.18. The highest BCUT2D eigenvalue weighted by atomic mass is 19.4. The molecule has 1 aromatic heterocycles. The van der Waals surface area contributed by atoms with E-state index in [-0.39, 0.29) is 0 Å². The molecule has 0 aliphatic heterocycles. The maximum Gasteiger partial charge on any atom is 0.433 e. The van der Waals surface area contributed by atoms with Crippen molar-refractivity contribution in [3.05, 3.63) is 24.0 Å². The van der Waals surface area contributed by atoms with Crippen molar-refractivity contribution in [3.8, 4) is 0 Å². The zero-order valence-electron chi connectivity index (χ0n) is 10.0. The van der Waals surface area contributed by atoms with Gasteiger partial charge in [0, 0.05) is 6.04 Å². The Morgan fingerprint density at radius 1 is 1.29 bits per heavy atom. The highest BCUT2D eigenvalue weighted by molar-refractivity contribution is 5.42. The summed E-state index contributed by atoms with van der Waals surface area (Å²) in [6, 6.07) is 2.72. The Hall–Kier alpha value is -1.26. The summed E-state index contributed by atoms with van der Waals surface area (Å²) >= 11 is 0. The molecule has 1 N–H and O–H groups in total. The highest BCUT2D eigenvalue weighted by Crippen LogP contribution is 2.28. The van der Waals surface area contributed by atoms with Crippen molar-refractivity contribution < 1.29 is 13.2 Å². The molecule has 0 amide bonds. The largest absolute Gasteiger partial charge is 0.433 e. The van der Waals surface area contributed by atoms with Crippen LogP contribution in [0.2, 0.25) is 0 Å². The molecule has 0 spiro atoms. The number of hydrogen-bond donors (Lipinski definition) is 1. The molecule has 1 rings (SSSR count). The van der Waals surface area contributed by atoms with Gasteiger partial charge in [-0.1, -0.05) is 20.3 Å². The standard InChI is InChI=1S/C12H17F3N2/c1-3-5-9(4-2)17-10-6-7-11(16-8-10)12(13,14)15/h6-9,17H,3-5H2,1-2H3. The second-order valence-electron chi connectivity index (χ2n) is 3.97. The zero-order chi connectivity index (χ0) is 12.9. The Labute approximate surface area is 99.3 Å². The van der Waals surface area contributed by atoms with Crippen LogP contribution in [0.15, 0.2) is 18.3 Å². The molecule has 0 saturated heterocycles. The van der Waals surface area contributed by atoms with E-state index in [2.05, 4.69) is 17.2 Å². The van der Waals surface area contributed by atoms with E-state index < -0.39 is 11.9 Å². The van der Waals surface area contributed by atoms with Crippen LogP contribution >= 0.6 is 0 Å². The number of alkyl halides is 3. The Kier molecular flexibility index (Phi) is 4.78. The number of anilines is 1. The SMILES string of the molecule is CCCC(CC)Nc1ccc(C(F)(F)F)nc1. The molecule has 1 unspecified atom stereocenters. The Morgan fingerprint density at radius 3 is 2.41 bits per heavy atom. The maximum atomic E-state index is 12.3. The molecule has 0 aliphatic carbocycles. The van der Waals surface area contributed by atoms with Crippen LogP contribution in [-0.2, 0) is 6.18 Å². The van der Waals surface area contributed by atoms with Crippen LogP contribution < -0.4 is 5.32 Å². The molecule has 0 saturated carbocycles. The average Bonchev–Trinajstić information content (AvgIpc) is 2.28. The van der Waals surface area contributed by atoms with Crippen molar-refractivity contribution in [1.82, 2.24) is 4.98 Å². The van der Waals surface area contributed by atoms with Gasteiger partial charge in [-0.2, -0.15) is 13.2 Å². The third kappa shape index (κ3) is 4.24. The molecular formula is C12H17F3N2. The number of nitrogens with one attached hydrogen (secondary N) is 1. The molecule has 96 valence electrons. The van der Waals surface area contributed by atoms with Crippen LogP contribution in [0, 0.1) is 0 Å². The van der Waals surface area contributed by atoms with E-state index in [1.54, 1.807) is 0 Å². The lowest BCUT2D eigenvalue weighted by molar-refractivity contribution is -0.141. The summed E-state index contributed by atoms with van der Waals surface area (Å²) in [4.78, 5) is 3.41. The van der Waals surface area contributed by atoms with Crippen molar-refractivity contribution in [2.75, 3.05) is 5.32 Å². The highest BCUT2D eigenvalue weighted by Gasteiger charge is 2.32. The first-order valence-corrected chi connectivity index (χ1v) is 5.77. The lowest BCUT2D eigenvalue weighted by Crippen LogP contribution is -2.18. The van der Waals surface area contributed by atoms with Gasteiger partial charge in [0.1, 0.15) is 5.69 Å². The van der Waals surface area contributed by atoms with E-state index in [0.717, 1.165) is 25.3 Å². The van der Waals surface area contributed by atoms with Gasteiger partial charge < -0.3 is 5.32 Å². The van der Waals surface area contributed by atoms with Crippen molar-refractivity contribution in [2.24, 2.45) is 0 Å². The first-order valence-electron chi connectivity index (χ1n) is 5.77. The minimum Gasteiger partial charge on any atom is -0.381 e. The maximum absolute atomic E-state index is 12.3. The van der Waals surface area contributed by atoms with Crippen LogP contribution in [0.1, 0.15) is 38.8 Å². The van der Waals surface area contributed by atoms with Crippen LogP contribution in [0.25, 0.3) is 0 Å². The molecule has 2 nitrogen and oxygen atoms in total. The summed E-state index contributed by atoms with van der Waals surface area (Å²) in [7, 11) is 0. The van der Waals surface area contributed by atoms with Crippen molar-refractivity contribution >= 4 is 5.69 Å². The van der Waals surface area contributed by atoms with Gasteiger partial charge in [0.25, 0.3) is 0 Å². The molecule has 0 aromatic carbocycles. The lowest BCUT2D eigenvalue weighted by Gasteiger charge is -2.17. The van der Waals surface area contributed by atoms with Crippen molar-refractivity contribution in [1.29, 1.82) is 0 Å².